The van der Waals surface area contributed by atoms with Crippen molar-refractivity contribution in [1.29, 1.82) is 0 Å². The number of ether oxygens (including phenoxy) is 2. The molecule has 0 amide bonds. The molecule has 2 heterocycles. The smallest absolute Gasteiger partial charge is 0.310 e. The highest BCUT2D eigenvalue weighted by Crippen LogP contribution is 2.17. The second kappa shape index (κ2) is 11.9. The van der Waals surface area contributed by atoms with Gasteiger partial charge in [-0.15, -0.1) is 24.8 Å². The highest BCUT2D eigenvalue weighted by atomic mass is 35.5. The van der Waals surface area contributed by atoms with Gasteiger partial charge in [-0.2, -0.15) is 0 Å². The molecule has 2 rings (SSSR count). The summed E-state index contributed by atoms with van der Waals surface area (Å²) in [5.74, 6) is 0.824. The normalized spacial score (nSPS) is 29.3. The van der Waals surface area contributed by atoms with E-state index in [0.717, 1.165) is 26.2 Å². The van der Waals surface area contributed by atoms with Crippen molar-refractivity contribution in [2.75, 3.05) is 40.4 Å². The minimum atomic E-state index is -0.0856. The number of rotatable bonds is 2. The largest absolute Gasteiger partial charge is 0.469 e. The van der Waals surface area contributed by atoms with Crippen LogP contribution >= 0.6 is 24.8 Å². The second-order valence-corrected chi connectivity index (χ2v) is 5.53. The maximum atomic E-state index is 11.0. The Kier molecular flexibility index (Phi) is 12.9. The summed E-state index contributed by atoms with van der Waals surface area (Å²) in [5, 5.41) is 6.27. The van der Waals surface area contributed by atoms with Crippen LogP contribution in [-0.2, 0) is 19.1 Å². The first-order chi connectivity index (χ1) is 9.51. The molecule has 6 nitrogen and oxygen atoms in total. The summed E-state index contributed by atoms with van der Waals surface area (Å²) >= 11 is 0. The molecule has 8 heteroatoms. The summed E-state index contributed by atoms with van der Waals surface area (Å²) in [6, 6.07) is 0. The van der Waals surface area contributed by atoms with Crippen LogP contribution < -0.4 is 10.6 Å². The van der Waals surface area contributed by atoms with E-state index in [1.807, 2.05) is 0 Å². The fourth-order valence-corrected chi connectivity index (χ4v) is 2.55. The predicted molar refractivity (Wildman–Crippen MR) is 89.6 cm³/mol. The van der Waals surface area contributed by atoms with Crippen molar-refractivity contribution < 1.29 is 19.1 Å². The van der Waals surface area contributed by atoms with Crippen molar-refractivity contribution in [3.63, 3.8) is 0 Å². The van der Waals surface area contributed by atoms with E-state index in [1.54, 1.807) is 0 Å². The molecule has 0 spiro atoms. The van der Waals surface area contributed by atoms with Crippen LogP contribution in [0.3, 0.4) is 0 Å². The van der Waals surface area contributed by atoms with Crippen LogP contribution in [0.5, 0.6) is 0 Å². The van der Waals surface area contributed by atoms with Crippen LogP contribution in [0.1, 0.15) is 13.8 Å². The lowest BCUT2D eigenvalue weighted by molar-refractivity contribution is -0.146. The zero-order chi connectivity index (χ0) is 15.1. The zero-order valence-corrected chi connectivity index (χ0v) is 15.2. The zero-order valence-electron chi connectivity index (χ0n) is 13.6. The summed E-state index contributed by atoms with van der Waals surface area (Å²) in [4.78, 5) is 21.9. The lowest BCUT2D eigenvalue weighted by atomic mass is 9.99. The SMILES string of the molecule is COC(=O)[C@@H]1CNC[C@H]1C.COC(=O)[C@H]1CNC[C@@H]1C.Cl.Cl. The first-order valence-electron chi connectivity index (χ1n) is 7.08. The third kappa shape index (κ3) is 6.69. The molecule has 4 atom stereocenters. The summed E-state index contributed by atoms with van der Waals surface area (Å²) in [6.45, 7) is 7.52. The van der Waals surface area contributed by atoms with Gasteiger partial charge in [-0.25, -0.2) is 0 Å². The third-order valence-electron chi connectivity index (χ3n) is 4.04. The fraction of sp³-hybridized carbons (Fsp3) is 0.857. The molecule has 22 heavy (non-hydrogen) atoms. The topological polar surface area (TPSA) is 76.7 Å². The van der Waals surface area contributed by atoms with Gasteiger partial charge in [0.05, 0.1) is 26.1 Å². The van der Waals surface area contributed by atoms with Gasteiger partial charge < -0.3 is 20.1 Å². The molecule has 0 bridgehead atoms. The summed E-state index contributed by atoms with van der Waals surface area (Å²) in [7, 11) is 2.88. The van der Waals surface area contributed by atoms with Crippen molar-refractivity contribution in [3.05, 3.63) is 0 Å². The average molecular weight is 359 g/mol. The van der Waals surface area contributed by atoms with E-state index in [2.05, 4.69) is 34.0 Å². The molecule has 0 radical (unpaired) electrons. The first-order valence-corrected chi connectivity index (χ1v) is 7.08. The van der Waals surface area contributed by atoms with Crippen LogP contribution in [-0.4, -0.2) is 52.3 Å². The van der Waals surface area contributed by atoms with Gasteiger partial charge in [0.1, 0.15) is 0 Å². The minimum absolute atomic E-state index is 0. The Hall–Kier alpha value is -0.560. The number of nitrogens with one attached hydrogen (secondary N) is 2. The molecule has 2 aliphatic heterocycles. The minimum Gasteiger partial charge on any atom is -0.469 e. The quantitative estimate of drug-likeness (QED) is 0.713. The van der Waals surface area contributed by atoms with Crippen LogP contribution in [0.4, 0.5) is 0 Å². The molecule has 0 aromatic heterocycles. The first kappa shape index (κ1) is 23.7. The maximum absolute atomic E-state index is 11.0. The van der Waals surface area contributed by atoms with E-state index in [0.29, 0.717) is 11.8 Å². The van der Waals surface area contributed by atoms with E-state index in [-0.39, 0.29) is 48.6 Å². The highest BCUT2D eigenvalue weighted by molar-refractivity contribution is 5.85. The number of hydrogen-bond acceptors (Lipinski definition) is 6. The Labute approximate surface area is 144 Å². The average Bonchev–Trinajstić information content (AvgIpc) is 3.06. The Morgan fingerprint density at radius 1 is 0.773 bits per heavy atom. The molecule has 0 aliphatic carbocycles. The van der Waals surface area contributed by atoms with E-state index in [4.69, 9.17) is 0 Å². The molecular weight excluding hydrogens is 331 g/mol. The predicted octanol–water partition coefficient (Wildman–Crippen LogP) is 0.873. The van der Waals surface area contributed by atoms with Crippen LogP contribution in [0.2, 0.25) is 0 Å². The Balaban J connectivity index is 0. The van der Waals surface area contributed by atoms with Gasteiger partial charge in [0.2, 0.25) is 0 Å². The molecule has 0 aromatic rings. The van der Waals surface area contributed by atoms with Crippen molar-refractivity contribution in [3.8, 4) is 0 Å². The van der Waals surface area contributed by atoms with E-state index in [1.165, 1.54) is 14.2 Å². The van der Waals surface area contributed by atoms with E-state index in [9.17, 15) is 9.59 Å². The van der Waals surface area contributed by atoms with Crippen molar-refractivity contribution in [2.24, 2.45) is 23.7 Å². The monoisotopic (exact) mass is 358 g/mol. The standard InChI is InChI=1S/2C7H13NO2.2ClH/c2*1-5-3-8-4-6(5)7(9)10-2;;/h2*5-6,8H,3-4H2,1-2H3;2*1H/t2*5-,6-;;/m10../s1. The van der Waals surface area contributed by atoms with E-state index < -0.39 is 0 Å². The second-order valence-electron chi connectivity index (χ2n) is 5.53. The van der Waals surface area contributed by atoms with Crippen molar-refractivity contribution >= 4 is 36.8 Å². The lowest BCUT2D eigenvalue weighted by Crippen LogP contribution is -2.22. The lowest BCUT2D eigenvalue weighted by Gasteiger charge is -2.09. The maximum Gasteiger partial charge on any atom is 0.310 e. The molecular formula is C14H28Cl2N2O4. The number of esters is 2. The van der Waals surface area contributed by atoms with Crippen molar-refractivity contribution in [1.82, 2.24) is 10.6 Å². The van der Waals surface area contributed by atoms with Gasteiger partial charge in [-0.05, 0) is 24.9 Å². The van der Waals surface area contributed by atoms with Crippen LogP contribution in [0, 0.1) is 23.7 Å². The van der Waals surface area contributed by atoms with Gasteiger partial charge in [0.25, 0.3) is 0 Å². The van der Waals surface area contributed by atoms with Crippen LogP contribution in [0.15, 0.2) is 0 Å². The number of halogens is 2. The van der Waals surface area contributed by atoms with Crippen LogP contribution in [0.25, 0.3) is 0 Å². The fourth-order valence-electron chi connectivity index (χ4n) is 2.55. The van der Waals surface area contributed by atoms with Gasteiger partial charge in [0, 0.05) is 13.1 Å². The highest BCUT2D eigenvalue weighted by Gasteiger charge is 2.30. The molecule has 2 aliphatic rings. The summed E-state index contributed by atoms with van der Waals surface area (Å²) in [6.07, 6.45) is 0. The molecule has 0 unspecified atom stereocenters. The Morgan fingerprint density at radius 3 is 1.27 bits per heavy atom. The molecule has 0 saturated carbocycles. The van der Waals surface area contributed by atoms with Gasteiger partial charge in [-0.3, -0.25) is 9.59 Å². The summed E-state index contributed by atoms with van der Waals surface area (Å²) < 4.78 is 9.25. The van der Waals surface area contributed by atoms with Gasteiger partial charge in [-0.1, -0.05) is 13.8 Å². The van der Waals surface area contributed by atoms with E-state index >= 15 is 0 Å². The third-order valence-corrected chi connectivity index (χ3v) is 4.04. The Morgan fingerprint density at radius 2 is 1.09 bits per heavy atom. The molecule has 132 valence electrons. The molecule has 2 N–H and O–H groups in total. The van der Waals surface area contributed by atoms with Gasteiger partial charge >= 0.3 is 11.9 Å². The number of methoxy groups -OCH3 is 2. The van der Waals surface area contributed by atoms with Crippen molar-refractivity contribution in [2.45, 2.75) is 13.8 Å². The number of carbonyl (C=O) groups excluding carboxylic acids is 2. The molecule has 0 aromatic carbocycles. The number of hydrogen-bond donors (Lipinski definition) is 2. The molecule has 2 saturated heterocycles. The number of carbonyl (C=O) groups is 2. The Bertz CT molecular complexity index is 313. The van der Waals surface area contributed by atoms with Gasteiger partial charge in [0.15, 0.2) is 0 Å². The summed E-state index contributed by atoms with van der Waals surface area (Å²) in [5.41, 5.74) is 0. The molecule has 2 fully saturated rings.